The number of hydrogen-bond donors (Lipinski definition) is 6. The molecular formula is C6H15O6P. The molecule has 6 nitrogen and oxygen atoms in total. The second-order valence-corrected chi connectivity index (χ2v) is 3.40. The van der Waals surface area contributed by atoms with Crippen molar-refractivity contribution in [2.75, 3.05) is 6.61 Å². The highest BCUT2D eigenvalue weighted by molar-refractivity contribution is 7.17. The van der Waals surface area contributed by atoms with Crippen LogP contribution < -0.4 is 0 Å². The topological polar surface area (TPSA) is 121 Å². The minimum Gasteiger partial charge on any atom is -0.394 e. The molecule has 0 aliphatic rings. The maximum Gasteiger partial charge on any atom is 0.112 e. The Kier molecular flexibility index (Phi) is 5.91. The summed E-state index contributed by atoms with van der Waals surface area (Å²) in [6.45, 7) is -0.738. The van der Waals surface area contributed by atoms with Gasteiger partial charge in [0.2, 0.25) is 0 Å². The zero-order valence-electron chi connectivity index (χ0n) is 6.85. The van der Waals surface area contributed by atoms with Crippen molar-refractivity contribution < 1.29 is 30.6 Å². The molecule has 0 radical (unpaired) electrons. The lowest BCUT2D eigenvalue weighted by molar-refractivity contribution is -0.128. The van der Waals surface area contributed by atoms with Crippen molar-refractivity contribution in [3.05, 3.63) is 0 Å². The highest BCUT2D eigenvalue weighted by Crippen LogP contribution is 2.11. The van der Waals surface area contributed by atoms with Crippen LogP contribution in [0.1, 0.15) is 0 Å². The number of rotatable bonds is 5. The summed E-state index contributed by atoms with van der Waals surface area (Å²) >= 11 is 0. The van der Waals surface area contributed by atoms with Crippen LogP contribution >= 0.6 is 9.24 Å². The van der Waals surface area contributed by atoms with E-state index >= 15 is 0 Å². The second kappa shape index (κ2) is 5.82. The van der Waals surface area contributed by atoms with E-state index in [2.05, 4.69) is 0 Å². The lowest BCUT2D eigenvalue weighted by Crippen LogP contribution is -2.48. The van der Waals surface area contributed by atoms with E-state index in [1.807, 2.05) is 9.24 Å². The van der Waals surface area contributed by atoms with Crippen LogP contribution in [0.25, 0.3) is 0 Å². The third-order valence-corrected chi connectivity index (χ3v) is 2.03. The van der Waals surface area contributed by atoms with Gasteiger partial charge in [-0.2, -0.15) is 0 Å². The smallest absolute Gasteiger partial charge is 0.112 e. The maximum atomic E-state index is 9.11. The molecule has 0 bridgehead atoms. The molecule has 0 amide bonds. The summed E-state index contributed by atoms with van der Waals surface area (Å²) in [6.07, 6.45) is -6.56. The first-order valence-corrected chi connectivity index (χ1v) is 4.35. The predicted octanol–water partition coefficient (Wildman–Crippen LogP) is -3.38. The Morgan fingerprint density at radius 3 is 1.62 bits per heavy atom. The highest BCUT2D eigenvalue weighted by Gasteiger charge is 2.32. The lowest BCUT2D eigenvalue weighted by Gasteiger charge is -2.26. The minimum absolute atomic E-state index is 0.738. The molecule has 0 heterocycles. The van der Waals surface area contributed by atoms with Crippen molar-refractivity contribution in [2.45, 2.75) is 30.3 Å². The summed E-state index contributed by atoms with van der Waals surface area (Å²) in [5.74, 6) is -1.31. The molecular weight excluding hydrogens is 199 g/mol. The fraction of sp³-hybridized carbons (Fsp3) is 1.00. The van der Waals surface area contributed by atoms with Crippen molar-refractivity contribution >= 4 is 9.24 Å². The zero-order valence-corrected chi connectivity index (χ0v) is 8.01. The standard InChI is InChI=1S/C6H15O6P/c7-1-2(8)3(9)4(10)5(11)6(12)13/h2-12H,1,13H2/t2-,3-,4+,5+,6?/m1/s1. The molecule has 0 aromatic heterocycles. The summed E-state index contributed by atoms with van der Waals surface area (Å²) in [4.78, 5) is 0. The first kappa shape index (κ1) is 13.2. The van der Waals surface area contributed by atoms with Crippen molar-refractivity contribution in [3.63, 3.8) is 0 Å². The molecule has 6 atom stereocenters. The van der Waals surface area contributed by atoms with Crippen molar-refractivity contribution in [2.24, 2.45) is 0 Å². The molecule has 0 saturated carbocycles. The van der Waals surface area contributed by atoms with E-state index < -0.39 is 36.9 Å². The SMILES string of the molecule is OC[C@@H](O)[C@@H](O)[C@H](O)[C@H](O)C(O)P. The minimum atomic E-state index is -1.71. The van der Waals surface area contributed by atoms with Gasteiger partial charge in [0.25, 0.3) is 0 Å². The maximum absolute atomic E-state index is 9.11. The third-order valence-electron chi connectivity index (χ3n) is 1.63. The van der Waals surface area contributed by atoms with Crippen molar-refractivity contribution in [3.8, 4) is 0 Å². The molecule has 0 aromatic rings. The average molecular weight is 214 g/mol. The Bertz CT molecular complexity index is 143. The quantitative estimate of drug-likeness (QED) is 0.265. The van der Waals surface area contributed by atoms with E-state index in [1.54, 1.807) is 0 Å². The molecule has 7 heteroatoms. The molecule has 2 unspecified atom stereocenters. The fourth-order valence-corrected chi connectivity index (χ4v) is 0.967. The van der Waals surface area contributed by atoms with Crippen LogP contribution in [-0.4, -0.2) is 67.5 Å². The molecule has 13 heavy (non-hydrogen) atoms. The first-order valence-electron chi connectivity index (χ1n) is 3.68. The zero-order chi connectivity index (χ0) is 10.6. The van der Waals surface area contributed by atoms with Crippen LogP contribution in [0.15, 0.2) is 0 Å². The molecule has 0 rings (SSSR count). The molecule has 0 aliphatic heterocycles. The number of aliphatic hydroxyl groups excluding tert-OH is 6. The first-order chi connectivity index (χ1) is 5.91. The summed E-state index contributed by atoms with van der Waals surface area (Å²) in [6, 6.07) is 0. The van der Waals surface area contributed by atoms with Gasteiger partial charge in [0.15, 0.2) is 0 Å². The fourth-order valence-electron chi connectivity index (χ4n) is 0.740. The van der Waals surface area contributed by atoms with Crippen LogP contribution in [0.4, 0.5) is 0 Å². The largest absolute Gasteiger partial charge is 0.394 e. The second-order valence-electron chi connectivity index (χ2n) is 2.71. The van der Waals surface area contributed by atoms with Crippen LogP contribution in [-0.2, 0) is 0 Å². The highest BCUT2D eigenvalue weighted by atomic mass is 31.0. The Morgan fingerprint density at radius 1 is 0.846 bits per heavy atom. The van der Waals surface area contributed by atoms with E-state index in [9.17, 15) is 0 Å². The molecule has 80 valence electrons. The Morgan fingerprint density at radius 2 is 1.31 bits per heavy atom. The number of aliphatic hydroxyl groups is 6. The van der Waals surface area contributed by atoms with Crippen LogP contribution in [0.3, 0.4) is 0 Å². The average Bonchev–Trinajstić information content (AvgIpc) is 2.12. The summed E-state index contributed by atoms with van der Waals surface area (Å²) in [5.41, 5.74) is 0. The van der Waals surface area contributed by atoms with Crippen LogP contribution in [0.5, 0.6) is 0 Å². The van der Waals surface area contributed by atoms with Crippen molar-refractivity contribution in [1.29, 1.82) is 0 Å². The number of hydrogen-bond acceptors (Lipinski definition) is 6. The molecule has 0 aromatic carbocycles. The monoisotopic (exact) mass is 214 g/mol. The molecule has 0 aliphatic carbocycles. The van der Waals surface area contributed by atoms with Gasteiger partial charge in [-0.05, 0) is 0 Å². The van der Waals surface area contributed by atoms with Crippen LogP contribution in [0.2, 0.25) is 0 Å². The molecule has 6 N–H and O–H groups in total. The van der Waals surface area contributed by atoms with Crippen LogP contribution in [0, 0.1) is 0 Å². The van der Waals surface area contributed by atoms with Gasteiger partial charge < -0.3 is 30.6 Å². The summed E-state index contributed by atoms with van der Waals surface area (Å²) < 4.78 is 0. The molecule has 0 saturated heterocycles. The Hall–Kier alpha value is 0.190. The Labute approximate surface area is 77.7 Å². The summed E-state index contributed by atoms with van der Waals surface area (Å²) in [7, 11) is 1.82. The van der Waals surface area contributed by atoms with Gasteiger partial charge in [-0.1, -0.05) is 0 Å². The van der Waals surface area contributed by atoms with Gasteiger partial charge in [0, 0.05) is 0 Å². The lowest BCUT2D eigenvalue weighted by atomic mass is 10.0. The van der Waals surface area contributed by atoms with Gasteiger partial charge in [-0.3, -0.25) is 0 Å². The van der Waals surface area contributed by atoms with Crippen molar-refractivity contribution in [1.82, 2.24) is 0 Å². The van der Waals surface area contributed by atoms with Gasteiger partial charge >= 0.3 is 0 Å². The predicted molar refractivity (Wildman–Crippen MR) is 46.8 cm³/mol. The summed E-state index contributed by atoms with van der Waals surface area (Å²) in [5, 5.41) is 53.3. The normalized spacial score (nSPS) is 23.3. The van der Waals surface area contributed by atoms with Gasteiger partial charge in [-0.25, -0.2) is 0 Å². The van der Waals surface area contributed by atoms with E-state index in [4.69, 9.17) is 30.6 Å². The third kappa shape index (κ3) is 3.83. The molecule has 0 fully saturated rings. The van der Waals surface area contributed by atoms with E-state index in [0.717, 1.165) is 0 Å². The Balaban J connectivity index is 4.15. The molecule has 0 spiro atoms. The van der Waals surface area contributed by atoms with Gasteiger partial charge in [-0.15, -0.1) is 9.24 Å². The van der Waals surface area contributed by atoms with Gasteiger partial charge in [0.1, 0.15) is 24.4 Å². The van der Waals surface area contributed by atoms with E-state index in [1.165, 1.54) is 0 Å². The van der Waals surface area contributed by atoms with Gasteiger partial charge in [0.05, 0.1) is 12.5 Å². The van der Waals surface area contributed by atoms with E-state index in [0.29, 0.717) is 0 Å². The van der Waals surface area contributed by atoms with E-state index in [-0.39, 0.29) is 0 Å².